The fourth-order valence-corrected chi connectivity index (χ4v) is 6.00. The molecule has 35 heavy (non-hydrogen) atoms. The van der Waals surface area contributed by atoms with Crippen molar-refractivity contribution < 1.29 is 13.2 Å². The molecule has 0 unspecified atom stereocenters. The third kappa shape index (κ3) is 3.57. The minimum atomic E-state index is -3.34. The Morgan fingerprint density at radius 2 is 2.09 bits per heavy atom. The molecule has 5 heterocycles. The molecule has 0 fully saturated rings. The maximum absolute atomic E-state index is 11.9. The number of rotatable bonds is 5. The average molecular weight is 489 g/mol. The Morgan fingerprint density at radius 1 is 1.20 bits per heavy atom. The van der Waals surface area contributed by atoms with Gasteiger partial charge in [0, 0.05) is 43.3 Å². The van der Waals surface area contributed by atoms with E-state index in [1.807, 2.05) is 29.1 Å². The number of nitrogens with zero attached hydrogens (tertiary/aromatic N) is 4. The van der Waals surface area contributed by atoms with Crippen molar-refractivity contribution in [3.8, 4) is 5.75 Å². The smallest absolute Gasteiger partial charge is 0.237 e. The van der Waals surface area contributed by atoms with Crippen molar-refractivity contribution in [1.29, 1.82) is 0 Å². The summed E-state index contributed by atoms with van der Waals surface area (Å²) >= 11 is 0. The van der Waals surface area contributed by atoms with Crippen molar-refractivity contribution in [2.45, 2.75) is 25.6 Å². The first-order valence-electron chi connectivity index (χ1n) is 11.4. The highest BCUT2D eigenvalue weighted by Gasteiger charge is 2.26. The fraction of sp³-hybridized carbons (Fsp3) is 0.200. The summed E-state index contributed by atoms with van der Waals surface area (Å²) in [5.74, 6) is 0.515. The molecule has 2 aromatic heterocycles. The summed E-state index contributed by atoms with van der Waals surface area (Å²) in [5.41, 5.74) is 4.80. The Labute approximate surface area is 201 Å². The van der Waals surface area contributed by atoms with Crippen LogP contribution in [0.2, 0.25) is 0 Å². The van der Waals surface area contributed by atoms with Crippen molar-refractivity contribution >= 4 is 39.0 Å². The van der Waals surface area contributed by atoms with Crippen LogP contribution in [0.25, 0.3) is 23.3 Å². The van der Waals surface area contributed by atoms with Crippen molar-refractivity contribution in [3.63, 3.8) is 0 Å². The number of aromatic nitrogens is 5. The molecule has 0 bridgehead atoms. The van der Waals surface area contributed by atoms with Gasteiger partial charge < -0.3 is 14.3 Å². The van der Waals surface area contributed by atoms with Gasteiger partial charge in [-0.2, -0.15) is 0 Å². The number of hydrogen-bond acceptors (Lipinski definition) is 5. The normalized spacial score (nSPS) is 14.3. The summed E-state index contributed by atoms with van der Waals surface area (Å²) in [4.78, 5) is 12.8. The molecule has 0 saturated carbocycles. The number of H-pyrrole nitrogens is 1. The molecule has 3 aliphatic heterocycles. The number of aryl methyl sites for hydroxylation is 1. The topological polar surface area (TPSA) is 106 Å². The second-order valence-corrected chi connectivity index (χ2v) is 10.2. The number of pyridine rings is 1. The summed E-state index contributed by atoms with van der Waals surface area (Å²) in [7, 11) is -3.34. The van der Waals surface area contributed by atoms with Crippen LogP contribution in [0, 0.1) is 10.8 Å². The maximum atomic E-state index is 11.9. The summed E-state index contributed by atoms with van der Waals surface area (Å²) in [6.07, 6.45) is 8.08. The van der Waals surface area contributed by atoms with Gasteiger partial charge in [-0.25, -0.2) is 18.4 Å². The van der Waals surface area contributed by atoms with Crippen LogP contribution in [0.4, 0.5) is 5.69 Å². The predicted octanol–water partition coefficient (Wildman–Crippen LogP) is 2.89. The Morgan fingerprint density at radius 3 is 2.94 bits per heavy atom. The lowest BCUT2D eigenvalue weighted by atomic mass is 10.1. The average Bonchev–Trinajstić information content (AvgIpc) is 3.41. The highest BCUT2D eigenvalue weighted by atomic mass is 32.2. The summed E-state index contributed by atoms with van der Waals surface area (Å²) in [6.45, 7) is 7.42. The van der Waals surface area contributed by atoms with E-state index in [4.69, 9.17) is 9.72 Å². The Balaban J connectivity index is 1.40. The molecule has 0 radical (unpaired) electrons. The van der Waals surface area contributed by atoms with E-state index in [1.54, 1.807) is 24.4 Å². The number of sulfonamides is 1. The van der Waals surface area contributed by atoms with E-state index in [1.165, 1.54) is 0 Å². The first kappa shape index (κ1) is 21.5. The lowest BCUT2D eigenvalue weighted by Gasteiger charge is -2.10. The second-order valence-electron chi connectivity index (χ2n) is 8.52. The molecule has 3 aliphatic rings. The molecule has 0 amide bonds. The number of aromatic amines is 1. The molecule has 2 N–H and O–H groups in total. The number of ether oxygens (including phenoxy) is 1. The van der Waals surface area contributed by atoms with Gasteiger partial charge in [-0.1, -0.05) is 12.6 Å². The molecule has 0 aliphatic carbocycles. The highest BCUT2D eigenvalue weighted by molar-refractivity contribution is 7.92. The van der Waals surface area contributed by atoms with E-state index in [0.29, 0.717) is 30.0 Å². The fourth-order valence-electron chi connectivity index (χ4n) is 4.73. The van der Waals surface area contributed by atoms with Crippen LogP contribution in [0.5, 0.6) is 5.75 Å². The number of fused-ring (bicyclic) bond motifs is 5. The number of hydrogen-bond donors (Lipinski definition) is 2. The molecule has 6 rings (SSSR count). The number of nitrogens with one attached hydrogen (secondary N) is 2. The van der Waals surface area contributed by atoms with Crippen LogP contribution in [0.1, 0.15) is 18.1 Å². The SMILES string of the molecule is C=c1cc[nH]c2n(CC)c3ncc(CCOc4cccc5c4CS(=O)(=O)N5)cc3c3nccn3c1=2. The number of benzene rings is 1. The van der Waals surface area contributed by atoms with Crippen molar-refractivity contribution in [3.05, 3.63) is 82.3 Å². The zero-order valence-electron chi connectivity index (χ0n) is 19.2. The molecule has 178 valence electrons. The van der Waals surface area contributed by atoms with Gasteiger partial charge in [-0.15, -0.1) is 0 Å². The summed E-state index contributed by atoms with van der Waals surface area (Å²) < 4.78 is 36.6. The Bertz CT molecular complexity index is 1870. The number of imidazole rings is 1. The zero-order valence-corrected chi connectivity index (χ0v) is 20.0. The van der Waals surface area contributed by atoms with Crippen LogP contribution in [0.15, 0.2) is 55.1 Å². The van der Waals surface area contributed by atoms with Gasteiger partial charge >= 0.3 is 0 Å². The van der Waals surface area contributed by atoms with E-state index < -0.39 is 10.0 Å². The molecule has 0 saturated heterocycles. The quantitative estimate of drug-likeness (QED) is 0.396. The van der Waals surface area contributed by atoms with Crippen LogP contribution in [0.3, 0.4) is 0 Å². The Hall–Kier alpha value is -4.05. The molecular weight excluding hydrogens is 464 g/mol. The minimum absolute atomic E-state index is 0.0692. The first-order chi connectivity index (χ1) is 16.9. The van der Waals surface area contributed by atoms with Crippen LogP contribution < -0.4 is 14.7 Å². The molecule has 3 aromatic rings. The van der Waals surface area contributed by atoms with E-state index in [9.17, 15) is 8.42 Å². The third-order valence-corrected chi connectivity index (χ3v) is 7.50. The minimum Gasteiger partial charge on any atom is -0.493 e. The van der Waals surface area contributed by atoms with Gasteiger partial charge in [-0.3, -0.25) is 9.12 Å². The van der Waals surface area contributed by atoms with Crippen LogP contribution >= 0.6 is 0 Å². The van der Waals surface area contributed by atoms with Gasteiger partial charge in [0.15, 0.2) is 0 Å². The van der Waals surface area contributed by atoms with E-state index in [0.717, 1.165) is 44.8 Å². The monoisotopic (exact) mass is 488 g/mol. The van der Waals surface area contributed by atoms with Crippen molar-refractivity contribution in [2.75, 3.05) is 11.3 Å². The maximum Gasteiger partial charge on any atom is 0.237 e. The van der Waals surface area contributed by atoms with Crippen molar-refractivity contribution in [2.24, 2.45) is 0 Å². The van der Waals surface area contributed by atoms with Crippen molar-refractivity contribution in [1.82, 2.24) is 23.9 Å². The summed E-state index contributed by atoms with van der Waals surface area (Å²) in [5, 5.41) is 2.77. The number of anilines is 1. The van der Waals surface area contributed by atoms with Gasteiger partial charge in [0.25, 0.3) is 0 Å². The van der Waals surface area contributed by atoms with Crippen LogP contribution in [-0.4, -0.2) is 38.9 Å². The summed E-state index contributed by atoms with van der Waals surface area (Å²) in [6, 6.07) is 9.39. The van der Waals surface area contributed by atoms with Gasteiger partial charge in [0.1, 0.15) is 22.5 Å². The lowest BCUT2D eigenvalue weighted by Crippen LogP contribution is -2.11. The molecule has 9 nitrogen and oxygen atoms in total. The third-order valence-electron chi connectivity index (χ3n) is 6.30. The van der Waals surface area contributed by atoms with E-state index in [2.05, 4.69) is 38.8 Å². The molecule has 1 aromatic carbocycles. The lowest BCUT2D eigenvalue weighted by molar-refractivity contribution is 0.320. The standard InChI is InChI=1S/C25H24N6O3S/c1-3-30-24-18(23-27-10-11-31(23)22-16(2)7-9-26-25(22)30)13-17(14-28-24)8-12-34-21-6-4-5-20-19(21)15-35(32,33)29-20/h4-7,9-11,13-14,26,29H,2-3,8,12,15H2,1H3. The van der Waals surface area contributed by atoms with E-state index >= 15 is 0 Å². The first-order valence-corrected chi connectivity index (χ1v) is 13.0. The van der Waals surface area contributed by atoms with E-state index in [-0.39, 0.29) is 5.75 Å². The van der Waals surface area contributed by atoms with Gasteiger partial charge in [0.05, 0.1) is 28.8 Å². The van der Waals surface area contributed by atoms with Gasteiger partial charge in [0.2, 0.25) is 10.0 Å². The van der Waals surface area contributed by atoms with Gasteiger partial charge in [-0.05, 0) is 42.0 Å². The molecular formula is C25H24N6O3S. The molecule has 0 atom stereocenters. The second kappa shape index (κ2) is 8.02. The Kier molecular flexibility index (Phi) is 4.92. The highest BCUT2D eigenvalue weighted by Crippen LogP contribution is 2.34. The molecule has 10 heteroatoms. The predicted molar refractivity (Wildman–Crippen MR) is 134 cm³/mol. The van der Waals surface area contributed by atoms with Crippen LogP contribution in [-0.2, 0) is 28.7 Å². The molecule has 0 spiro atoms. The zero-order chi connectivity index (χ0) is 24.2. The largest absolute Gasteiger partial charge is 0.493 e.